The summed E-state index contributed by atoms with van der Waals surface area (Å²) < 4.78 is 0. The number of fused-ring (bicyclic) bond motifs is 1. The van der Waals surface area contributed by atoms with Crippen LogP contribution >= 0.6 is 0 Å². The second-order valence-electron chi connectivity index (χ2n) is 5.15. The topological polar surface area (TPSA) is 57.8 Å². The van der Waals surface area contributed by atoms with Gasteiger partial charge < -0.3 is 10.3 Å². The highest BCUT2D eigenvalue weighted by atomic mass is 16.1. The lowest BCUT2D eigenvalue weighted by Gasteiger charge is -2.28. The Morgan fingerprint density at radius 1 is 1.26 bits per heavy atom. The number of nitrogens with one attached hydrogen (secondary N) is 2. The SMILES string of the molecule is CCC(C)(CC)NCc1nc2ccccc2c(=O)[nH]1. The number of hydrogen-bond acceptors (Lipinski definition) is 3. The Balaban J connectivity index is 2.25. The smallest absolute Gasteiger partial charge is 0.258 e. The Hall–Kier alpha value is -1.68. The zero-order chi connectivity index (χ0) is 13.9. The number of rotatable bonds is 5. The maximum Gasteiger partial charge on any atom is 0.258 e. The number of para-hydroxylation sites is 1. The summed E-state index contributed by atoms with van der Waals surface area (Å²) in [6, 6.07) is 7.41. The van der Waals surface area contributed by atoms with Crippen LogP contribution in [0.25, 0.3) is 10.9 Å². The number of aromatic amines is 1. The van der Waals surface area contributed by atoms with Gasteiger partial charge in [-0.1, -0.05) is 26.0 Å². The van der Waals surface area contributed by atoms with Crippen LogP contribution in [-0.4, -0.2) is 15.5 Å². The fourth-order valence-electron chi connectivity index (χ4n) is 2.02. The molecule has 1 heterocycles. The van der Waals surface area contributed by atoms with Gasteiger partial charge in [0.25, 0.3) is 5.56 Å². The van der Waals surface area contributed by atoms with Gasteiger partial charge in [0.15, 0.2) is 0 Å². The summed E-state index contributed by atoms with van der Waals surface area (Å²) in [5, 5.41) is 4.11. The van der Waals surface area contributed by atoms with Crippen LogP contribution in [-0.2, 0) is 6.54 Å². The van der Waals surface area contributed by atoms with E-state index in [4.69, 9.17) is 0 Å². The molecule has 19 heavy (non-hydrogen) atoms. The molecule has 0 atom stereocenters. The molecule has 1 aromatic carbocycles. The van der Waals surface area contributed by atoms with Crippen LogP contribution in [0.15, 0.2) is 29.1 Å². The second-order valence-corrected chi connectivity index (χ2v) is 5.15. The minimum Gasteiger partial charge on any atom is -0.309 e. The molecule has 0 aliphatic carbocycles. The van der Waals surface area contributed by atoms with Gasteiger partial charge in [-0.05, 0) is 31.9 Å². The molecule has 0 saturated carbocycles. The van der Waals surface area contributed by atoms with Crippen molar-refractivity contribution in [1.82, 2.24) is 15.3 Å². The Bertz CT molecular complexity index is 614. The standard InChI is InChI=1S/C15H21N3O/c1-4-15(3,5-2)16-10-13-17-12-9-7-6-8-11(12)14(19)18-13/h6-9,16H,4-5,10H2,1-3H3,(H,17,18,19). The van der Waals surface area contributed by atoms with Crippen molar-refractivity contribution >= 4 is 10.9 Å². The largest absolute Gasteiger partial charge is 0.309 e. The van der Waals surface area contributed by atoms with Crippen molar-refractivity contribution in [2.24, 2.45) is 0 Å². The first-order valence-corrected chi connectivity index (χ1v) is 6.81. The summed E-state index contributed by atoms with van der Waals surface area (Å²) in [6.45, 7) is 7.09. The van der Waals surface area contributed by atoms with Crippen LogP contribution in [0.1, 0.15) is 39.4 Å². The van der Waals surface area contributed by atoms with E-state index in [1.807, 2.05) is 18.2 Å². The lowest BCUT2D eigenvalue weighted by atomic mass is 9.96. The first-order chi connectivity index (χ1) is 9.08. The van der Waals surface area contributed by atoms with Crippen LogP contribution in [0.4, 0.5) is 0 Å². The molecule has 0 bridgehead atoms. The van der Waals surface area contributed by atoms with Crippen molar-refractivity contribution in [1.29, 1.82) is 0 Å². The van der Waals surface area contributed by atoms with Crippen LogP contribution < -0.4 is 10.9 Å². The fraction of sp³-hybridized carbons (Fsp3) is 0.467. The van der Waals surface area contributed by atoms with Gasteiger partial charge in [-0.3, -0.25) is 4.79 Å². The summed E-state index contributed by atoms with van der Waals surface area (Å²) in [4.78, 5) is 19.3. The Morgan fingerprint density at radius 2 is 1.95 bits per heavy atom. The molecule has 2 N–H and O–H groups in total. The van der Waals surface area contributed by atoms with Gasteiger partial charge in [-0.2, -0.15) is 0 Å². The zero-order valence-electron chi connectivity index (χ0n) is 11.8. The van der Waals surface area contributed by atoms with Crippen LogP contribution in [0.3, 0.4) is 0 Å². The molecule has 0 amide bonds. The summed E-state index contributed by atoms with van der Waals surface area (Å²) in [5.74, 6) is 0.692. The molecule has 0 aliphatic heterocycles. The van der Waals surface area contributed by atoms with Crippen molar-refractivity contribution in [2.45, 2.75) is 45.7 Å². The van der Waals surface area contributed by atoms with E-state index in [1.54, 1.807) is 6.07 Å². The Morgan fingerprint density at radius 3 is 2.63 bits per heavy atom. The normalized spacial score (nSPS) is 11.9. The third kappa shape index (κ3) is 3.01. The number of hydrogen-bond donors (Lipinski definition) is 2. The van der Waals surface area contributed by atoms with E-state index in [1.165, 1.54) is 0 Å². The number of nitrogens with zero attached hydrogens (tertiary/aromatic N) is 1. The van der Waals surface area contributed by atoms with E-state index in [-0.39, 0.29) is 11.1 Å². The van der Waals surface area contributed by atoms with E-state index < -0.39 is 0 Å². The molecule has 2 rings (SSSR count). The van der Waals surface area contributed by atoms with Gasteiger partial charge in [0.1, 0.15) is 5.82 Å². The van der Waals surface area contributed by atoms with E-state index >= 15 is 0 Å². The van der Waals surface area contributed by atoms with Gasteiger partial charge >= 0.3 is 0 Å². The molecule has 0 unspecified atom stereocenters. The molecule has 0 fully saturated rings. The van der Waals surface area contributed by atoms with Crippen LogP contribution in [0.2, 0.25) is 0 Å². The maximum atomic E-state index is 11.9. The van der Waals surface area contributed by atoms with E-state index in [0.29, 0.717) is 17.8 Å². The van der Waals surface area contributed by atoms with Crippen molar-refractivity contribution in [3.8, 4) is 0 Å². The first kappa shape index (κ1) is 13.7. The summed E-state index contributed by atoms with van der Waals surface area (Å²) >= 11 is 0. The summed E-state index contributed by atoms with van der Waals surface area (Å²) in [5.41, 5.74) is 0.763. The average Bonchev–Trinajstić information content (AvgIpc) is 2.45. The molecule has 0 radical (unpaired) electrons. The molecule has 0 saturated heterocycles. The van der Waals surface area contributed by atoms with E-state index in [2.05, 4.69) is 36.1 Å². The quantitative estimate of drug-likeness (QED) is 0.867. The molecule has 1 aromatic heterocycles. The summed E-state index contributed by atoms with van der Waals surface area (Å²) in [7, 11) is 0. The van der Waals surface area contributed by atoms with Crippen LogP contribution in [0, 0.1) is 0 Å². The van der Waals surface area contributed by atoms with Gasteiger partial charge in [-0.25, -0.2) is 4.98 Å². The molecule has 4 heteroatoms. The third-order valence-electron chi connectivity index (χ3n) is 3.91. The Labute approximate surface area is 113 Å². The molecule has 0 spiro atoms. The third-order valence-corrected chi connectivity index (χ3v) is 3.91. The van der Waals surface area contributed by atoms with E-state index in [9.17, 15) is 4.79 Å². The van der Waals surface area contributed by atoms with Gasteiger partial charge in [0.05, 0.1) is 17.4 Å². The second kappa shape index (κ2) is 5.53. The number of benzene rings is 1. The minimum atomic E-state index is -0.0721. The highest BCUT2D eigenvalue weighted by Crippen LogP contribution is 2.14. The monoisotopic (exact) mass is 259 g/mol. The Kier molecular flexibility index (Phi) is 4.00. The average molecular weight is 259 g/mol. The molecular formula is C15H21N3O. The predicted molar refractivity (Wildman–Crippen MR) is 78.2 cm³/mol. The molecule has 0 aliphatic rings. The summed E-state index contributed by atoms with van der Waals surface area (Å²) in [6.07, 6.45) is 2.09. The van der Waals surface area contributed by atoms with Gasteiger partial charge in [0.2, 0.25) is 0 Å². The number of H-pyrrole nitrogens is 1. The van der Waals surface area contributed by atoms with Crippen molar-refractivity contribution in [2.75, 3.05) is 0 Å². The predicted octanol–water partition coefficient (Wildman–Crippen LogP) is 2.59. The lowest BCUT2D eigenvalue weighted by Crippen LogP contribution is -2.41. The van der Waals surface area contributed by atoms with Gasteiger partial charge in [0, 0.05) is 5.54 Å². The molecule has 102 valence electrons. The van der Waals surface area contributed by atoms with Crippen molar-refractivity contribution < 1.29 is 0 Å². The fourth-order valence-corrected chi connectivity index (χ4v) is 2.02. The van der Waals surface area contributed by atoms with E-state index in [0.717, 1.165) is 18.4 Å². The van der Waals surface area contributed by atoms with Crippen LogP contribution in [0.5, 0.6) is 0 Å². The molecular weight excluding hydrogens is 238 g/mol. The zero-order valence-corrected chi connectivity index (χ0v) is 11.8. The highest BCUT2D eigenvalue weighted by molar-refractivity contribution is 5.77. The maximum absolute atomic E-state index is 11.9. The van der Waals surface area contributed by atoms with Gasteiger partial charge in [-0.15, -0.1) is 0 Å². The molecule has 2 aromatic rings. The first-order valence-electron chi connectivity index (χ1n) is 6.81. The number of aromatic nitrogens is 2. The minimum absolute atomic E-state index is 0.0721. The highest BCUT2D eigenvalue weighted by Gasteiger charge is 2.18. The molecule has 4 nitrogen and oxygen atoms in total. The lowest BCUT2D eigenvalue weighted by molar-refractivity contribution is 0.326. The van der Waals surface area contributed by atoms with Crippen molar-refractivity contribution in [3.05, 3.63) is 40.4 Å². The van der Waals surface area contributed by atoms with Crippen molar-refractivity contribution in [3.63, 3.8) is 0 Å².